The first-order valence-corrected chi connectivity index (χ1v) is 4.67. The quantitative estimate of drug-likeness (QED) is 0.726. The van der Waals surface area contributed by atoms with Crippen molar-refractivity contribution < 1.29 is 0 Å². The van der Waals surface area contributed by atoms with Gasteiger partial charge >= 0.3 is 0 Å². The van der Waals surface area contributed by atoms with Crippen LogP contribution in [0.25, 0.3) is 0 Å². The summed E-state index contributed by atoms with van der Waals surface area (Å²) in [5, 5.41) is 3.44. The molecule has 0 saturated heterocycles. The molecule has 0 aliphatic heterocycles. The third-order valence-electron chi connectivity index (χ3n) is 2.75. The van der Waals surface area contributed by atoms with Crippen LogP contribution in [0, 0.1) is 0 Å². The second-order valence-electron chi connectivity index (χ2n) is 4.00. The van der Waals surface area contributed by atoms with Crippen LogP contribution in [0.3, 0.4) is 0 Å². The Morgan fingerprint density at radius 2 is 2.31 bits per heavy atom. The van der Waals surface area contributed by atoms with E-state index in [1.165, 1.54) is 19.3 Å². The maximum Gasteiger partial charge on any atom is 0.0764 e. The van der Waals surface area contributed by atoms with Crippen LogP contribution in [0.2, 0.25) is 0 Å². The molecule has 0 atom stereocenters. The number of aromatic nitrogens is 1. The molecule has 0 aromatic carbocycles. The van der Waals surface area contributed by atoms with E-state index in [4.69, 9.17) is 5.73 Å². The smallest absolute Gasteiger partial charge is 0.0764 e. The summed E-state index contributed by atoms with van der Waals surface area (Å²) < 4.78 is 0. The highest BCUT2D eigenvalue weighted by Crippen LogP contribution is 2.35. The highest BCUT2D eigenvalue weighted by molar-refractivity contribution is 5.65. The normalized spacial score (nSPS) is 19.2. The first-order valence-electron chi connectivity index (χ1n) is 4.67. The van der Waals surface area contributed by atoms with E-state index in [0.29, 0.717) is 0 Å². The van der Waals surface area contributed by atoms with E-state index in [0.717, 1.165) is 11.4 Å². The van der Waals surface area contributed by atoms with E-state index in [-0.39, 0.29) is 5.54 Å². The van der Waals surface area contributed by atoms with E-state index in [1.807, 2.05) is 6.07 Å². The lowest BCUT2D eigenvalue weighted by Crippen LogP contribution is -2.41. The van der Waals surface area contributed by atoms with Gasteiger partial charge < -0.3 is 11.1 Å². The maximum absolute atomic E-state index is 5.80. The molecule has 0 bridgehead atoms. The van der Waals surface area contributed by atoms with E-state index in [2.05, 4.69) is 17.2 Å². The number of nitrogens with zero attached hydrogens (tertiary/aromatic N) is 1. The zero-order valence-corrected chi connectivity index (χ0v) is 7.88. The zero-order chi connectivity index (χ0) is 9.31. The number of rotatable bonds is 2. The molecule has 2 rings (SSSR count). The Morgan fingerprint density at radius 1 is 1.54 bits per heavy atom. The van der Waals surface area contributed by atoms with Gasteiger partial charge in [0.25, 0.3) is 0 Å². The Bertz CT molecular complexity index is 305. The summed E-state index contributed by atoms with van der Waals surface area (Å²) in [7, 11) is 0. The van der Waals surface area contributed by atoms with Gasteiger partial charge in [-0.05, 0) is 32.3 Å². The zero-order valence-electron chi connectivity index (χ0n) is 7.88. The monoisotopic (exact) mass is 177 g/mol. The fraction of sp³-hybridized carbons (Fsp3) is 0.500. The predicted octanol–water partition coefficient (Wildman–Crippen LogP) is 2.02. The van der Waals surface area contributed by atoms with Gasteiger partial charge in [0.2, 0.25) is 0 Å². The van der Waals surface area contributed by atoms with Crippen LogP contribution in [-0.2, 0) is 0 Å². The van der Waals surface area contributed by atoms with Gasteiger partial charge in [-0.15, -0.1) is 0 Å². The van der Waals surface area contributed by atoms with E-state index >= 15 is 0 Å². The standard InChI is InChI=1S/C10H15N3/c1-10(4-2-5-10)13-9-7-12-6-3-8(9)11/h3,6-7,13H,2,4-5H2,1H3,(H2,11,12). The summed E-state index contributed by atoms with van der Waals surface area (Å²) in [5.41, 5.74) is 7.79. The molecule has 1 saturated carbocycles. The molecule has 1 aliphatic rings. The summed E-state index contributed by atoms with van der Waals surface area (Å²) in [6, 6.07) is 1.82. The summed E-state index contributed by atoms with van der Waals surface area (Å²) in [4.78, 5) is 4.05. The molecule has 3 N–H and O–H groups in total. The molecule has 0 amide bonds. The lowest BCUT2D eigenvalue weighted by Gasteiger charge is -2.40. The topological polar surface area (TPSA) is 50.9 Å². The third-order valence-corrected chi connectivity index (χ3v) is 2.75. The van der Waals surface area contributed by atoms with Crippen molar-refractivity contribution in [2.75, 3.05) is 11.1 Å². The van der Waals surface area contributed by atoms with Crippen LogP contribution in [0.5, 0.6) is 0 Å². The molecule has 1 aromatic rings. The second kappa shape index (κ2) is 2.91. The Balaban J connectivity index is 2.13. The minimum Gasteiger partial charge on any atom is -0.397 e. The summed E-state index contributed by atoms with van der Waals surface area (Å²) >= 11 is 0. The van der Waals surface area contributed by atoms with Gasteiger partial charge in [-0.1, -0.05) is 0 Å². The van der Waals surface area contributed by atoms with Crippen molar-refractivity contribution in [3.05, 3.63) is 18.5 Å². The van der Waals surface area contributed by atoms with Gasteiger partial charge in [0.15, 0.2) is 0 Å². The van der Waals surface area contributed by atoms with Gasteiger partial charge in [0, 0.05) is 11.7 Å². The van der Waals surface area contributed by atoms with E-state index < -0.39 is 0 Å². The van der Waals surface area contributed by atoms with Crippen LogP contribution < -0.4 is 11.1 Å². The summed E-state index contributed by atoms with van der Waals surface area (Å²) in [5.74, 6) is 0. The maximum atomic E-state index is 5.80. The number of pyridine rings is 1. The molecule has 70 valence electrons. The van der Waals surface area contributed by atoms with Gasteiger partial charge in [0.05, 0.1) is 17.6 Å². The molecule has 0 radical (unpaired) electrons. The fourth-order valence-corrected chi connectivity index (χ4v) is 1.67. The van der Waals surface area contributed by atoms with Crippen LogP contribution in [0.4, 0.5) is 11.4 Å². The van der Waals surface area contributed by atoms with Crippen molar-refractivity contribution in [2.24, 2.45) is 0 Å². The largest absolute Gasteiger partial charge is 0.397 e. The highest BCUT2D eigenvalue weighted by Gasteiger charge is 2.31. The van der Waals surface area contributed by atoms with Gasteiger partial charge in [-0.3, -0.25) is 4.98 Å². The SMILES string of the molecule is CC1(Nc2cnccc2N)CCC1. The van der Waals surface area contributed by atoms with Crippen molar-refractivity contribution in [1.82, 2.24) is 4.98 Å². The number of hydrogen-bond acceptors (Lipinski definition) is 3. The molecule has 3 heteroatoms. The summed E-state index contributed by atoms with van der Waals surface area (Å²) in [6.07, 6.45) is 7.26. The number of nitrogens with two attached hydrogens (primary N) is 1. The number of nitrogen functional groups attached to an aromatic ring is 1. The molecule has 1 aromatic heterocycles. The van der Waals surface area contributed by atoms with Crippen molar-refractivity contribution in [2.45, 2.75) is 31.7 Å². The van der Waals surface area contributed by atoms with Crippen LogP contribution in [-0.4, -0.2) is 10.5 Å². The molecule has 0 spiro atoms. The minimum atomic E-state index is 0.247. The Labute approximate surface area is 78.4 Å². The van der Waals surface area contributed by atoms with Crippen molar-refractivity contribution in [3.63, 3.8) is 0 Å². The summed E-state index contributed by atoms with van der Waals surface area (Å²) in [6.45, 7) is 2.23. The van der Waals surface area contributed by atoms with Crippen molar-refractivity contribution in [1.29, 1.82) is 0 Å². The fourth-order valence-electron chi connectivity index (χ4n) is 1.67. The van der Waals surface area contributed by atoms with Gasteiger partial charge in [-0.2, -0.15) is 0 Å². The average molecular weight is 177 g/mol. The first kappa shape index (κ1) is 8.35. The van der Waals surface area contributed by atoms with Crippen molar-refractivity contribution in [3.8, 4) is 0 Å². The second-order valence-corrected chi connectivity index (χ2v) is 4.00. The Morgan fingerprint density at radius 3 is 2.85 bits per heavy atom. The Hall–Kier alpha value is -1.25. The number of hydrogen-bond donors (Lipinski definition) is 2. The number of nitrogens with one attached hydrogen (secondary N) is 1. The van der Waals surface area contributed by atoms with Gasteiger partial charge in [0.1, 0.15) is 0 Å². The van der Waals surface area contributed by atoms with Crippen LogP contribution in [0.1, 0.15) is 26.2 Å². The van der Waals surface area contributed by atoms with Gasteiger partial charge in [-0.25, -0.2) is 0 Å². The molecule has 1 heterocycles. The van der Waals surface area contributed by atoms with E-state index in [9.17, 15) is 0 Å². The first-order chi connectivity index (χ1) is 6.20. The molecule has 0 unspecified atom stereocenters. The number of anilines is 2. The van der Waals surface area contributed by atoms with Crippen LogP contribution >= 0.6 is 0 Å². The van der Waals surface area contributed by atoms with E-state index in [1.54, 1.807) is 12.4 Å². The van der Waals surface area contributed by atoms with Crippen molar-refractivity contribution >= 4 is 11.4 Å². The lowest BCUT2D eigenvalue weighted by atomic mass is 9.78. The lowest BCUT2D eigenvalue weighted by molar-refractivity contribution is 0.306. The molecular formula is C10H15N3. The minimum absolute atomic E-state index is 0.247. The molecule has 1 aliphatic carbocycles. The molecular weight excluding hydrogens is 162 g/mol. The Kier molecular flexibility index (Phi) is 1.87. The molecule has 13 heavy (non-hydrogen) atoms. The third kappa shape index (κ3) is 1.59. The molecule has 3 nitrogen and oxygen atoms in total. The molecule has 1 fully saturated rings. The average Bonchev–Trinajstić information content (AvgIpc) is 2.06. The highest BCUT2D eigenvalue weighted by atomic mass is 15.0. The predicted molar refractivity (Wildman–Crippen MR) is 54.5 cm³/mol. The van der Waals surface area contributed by atoms with Crippen LogP contribution in [0.15, 0.2) is 18.5 Å².